The van der Waals surface area contributed by atoms with Crippen molar-refractivity contribution in [2.24, 2.45) is 5.41 Å². The van der Waals surface area contributed by atoms with Crippen molar-refractivity contribution >= 4 is 0 Å². The van der Waals surface area contributed by atoms with Crippen LogP contribution in [-0.2, 0) is 18.9 Å². The first kappa shape index (κ1) is 16.9. The van der Waals surface area contributed by atoms with Gasteiger partial charge in [-0.25, -0.2) is 0 Å². The normalized spacial score (nSPS) is 27.2. The van der Waals surface area contributed by atoms with Crippen LogP contribution in [-0.4, -0.2) is 63.6 Å². The van der Waals surface area contributed by atoms with Gasteiger partial charge in [-0.3, -0.25) is 0 Å². The van der Waals surface area contributed by atoms with E-state index in [1.165, 1.54) is 6.42 Å². The summed E-state index contributed by atoms with van der Waals surface area (Å²) < 4.78 is 21.1. The van der Waals surface area contributed by atoms with Crippen molar-refractivity contribution in [3.63, 3.8) is 0 Å². The molecule has 19 heavy (non-hydrogen) atoms. The van der Waals surface area contributed by atoms with Crippen LogP contribution in [0.15, 0.2) is 0 Å². The molecular formula is C14H28O5. The van der Waals surface area contributed by atoms with Crippen LogP contribution in [0.25, 0.3) is 0 Å². The number of aliphatic hydroxyl groups is 1. The second-order valence-corrected chi connectivity index (χ2v) is 5.62. The van der Waals surface area contributed by atoms with Crippen LogP contribution in [0, 0.1) is 5.41 Å². The van der Waals surface area contributed by atoms with Gasteiger partial charge in [-0.05, 0) is 0 Å². The van der Waals surface area contributed by atoms with Crippen molar-refractivity contribution in [1.82, 2.24) is 0 Å². The topological polar surface area (TPSA) is 63.8 Å². The Bertz CT molecular complexity index is 208. The molecule has 0 spiro atoms. The molecule has 0 radical (unpaired) electrons. The fourth-order valence-electron chi connectivity index (χ4n) is 1.34. The summed E-state index contributed by atoms with van der Waals surface area (Å²) in [7, 11) is 0. The Labute approximate surface area is 116 Å². The molecule has 0 saturated carbocycles. The molecule has 2 heterocycles. The van der Waals surface area contributed by atoms with Crippen LogP contribution in [0.5, 0.6) is 0 Å². The van der Waals surface area contributed by atoms with E-state index in [2.05, 4.69) is 13.8 Å². The van der Waals surface area contributed by atoms with Crippen molar-refractivity contribution in [3.8, 4) is 0 Å². The van der Waals surface area contributed by atoms with Gasteiger partial charge in [0.25, 0.3) is 0 Å². The summed E-state index contributed by atoms with van der Waals surface area (Å²) in [5.41, 5.74) is -0.330. The van der Waals surface area contributed by atoms with Crippen LogP contribution >= 0.6 is 0 Å². The van der Waals surface area contributed by atoms with Gasteiger partial charge in [0, 0.05) is 5.41 Å². The lowest BCUT2D eigenvalue weighted by atomic mass is 9.94. The molecular weight excluding hydrogens is 248 g/mol. The molecule has 1 N–H and O–H groups in total. The van der Waals surface area contributed by atoms with E-state index >= 15 is 0 Å². The smallest absolute Gasteiger partial charge is 0.104 e. The van der Waals surface area contributed by atoms with Crippen molar-refractivity contribution < 1.29 is 24.1 Å². The molecule has 2 saturated heterocycles. The van der Waals surface area contributed by atoms with Gasteiger partial charge in [0.15, 0.2) is 0 Å². The summed E-state index contributed by atoms with van der Waals surface area (Å²) in [5.74, 6) is 0. The number of ether oxygens (including phenoxy) is 4. The monoisotopic (exact) mass is 276 g/mol. The third-order valence-corrected chi connectivity index (χ3v) is 2.69. The highest BCUT2D eigenvalue weighted by Crippen LogP contribution is 2.19. The van der Waals surface area contributed by atoms with Crippen LogP contribution in [0.3, 0.4) is 0 Å². The molecule has 114 valence electrons. The van der Waals surface area contributed by atoms with E-state index in [0.717, 1.165) is 13.2 Å². The lowest BCUT2D eigenvalue weighted by molar-refractivity contribution is -0.0452. The molecule has 0 aromatic rings. The quantitative estimate of drug-likeness (QED) is 0.642. The van der Waals surface area contributed by atoms with E-state index in [9.17, 15) is 5.11 Å². The molecule has 2 atom stereocenters. The van der Waals surface area contributed by atoms with E-state index in [4.69, 9.17) is 18.9 Å². The standard InChI is InChI=1S/C11H20O5.C3H8/c1-11(6-12,7-13-2-9-4-15-9)8-14-3-10-5-16-10;1-3-2/h9-10,12H,2-8H2,1H3;3H2,1-2H3. The van der Waals surface area contributed by atoms with Crippen LogP contribution in [0.2, 0.25) is 0 Å². The number of hydrogen-bond donors (Lipinski definition) is 1. The second-order valence-electron chi connectivity index (χ2n) is 5.62. The Morgan fingerprint density at radius 3 is 1.68 bits per heavy atom. The van der Waals surface area contributed by atoms with E-state index < -0.39 is 0 Å². The molecule has 0 aliphatic carbocycles. The Hall–Kier alpha value is -0.200. The number of aliphatic hydroxyl groups excluding tert-OH is 1. The molecule has 2 aliphatic heterocycles. The fraction of sp³-hybridized carbons (Fsp3) is 1.00. The average Bonchev–Trinajstić information content (AvgIpc) is 3.25. The second kappa shape index (κ2) is 8.87. The van der Waals surface area contributed by atoms with Gasteiger partial charge in [0.1, 0.15) is 12.2 Å². The minimum Gasteiger partial charge on any atom is -0.396 e. The minimum atomic E-state index is -0.330. The summed E-state index contributed by atoms with van der Waals surface area (Å²) in [6.07, 6.45) is 1.78. The van der Waals surface area contributed by atoms with Crippen LogP contribution in [0.1, 0.15) is 27.2 Å². The first-order valence-electron chi connectivity index (χ1n) is 7.13. The maximum Gasteiger partial charge on any atom is 0.104 e. The van der Waals surface area contributed by atoms with Gasteiger partial charge < -0.3 is 24.1 Å². The van der Waals surface area contributed by atoms with E-state index in [1.807, 2.05) is 6.92 Å². The fourth-order valence-corrected chi connectivity index (χ4v) is 1.34. The van der Waals surface area contributed by atoms with Gasteiger partial charge in [-0.15, -0.1) is 0 Å². The van der Waals surface area contributed by atoms with Crippen molar-refractivity contribution in [3.05, 3.63) is 0 Å². The molecule has 2 rings (SSSR count). The van der Waals surface area contributed by atoms with E-state index in [0.29, 0.717) is 26.4 Å². The van der Waals surface area contributed by atoms with Crippen LogP contribution < -0.4 is 0 Å². The molecule has 0 amide bonds. The summed E-state index contributed by atoms with van der Waals surface area (Å²) in [5, 5.41) is 9.32. The molecule has 0 aromatic carbocycles. The molecule has 2 unspecified atom stereocenters. The molecule has 0 bridgehead atoms. The average molecular weight is 276 g/mol. The summed E-state index contributed by atoms with van der Waals surface area (Å²) >= 11 is 0. The lowest BCUT2D eigenvalue weighted by Crippen LogP contribution is -2.34. The van der Waals surface area contributed by atoms with Crippen molar-refractivity contribution in [1.29, 1.82) is 0 Å². The van der Waals surface area contributed by atoms with Gasteiger partial charge in [0.2, 0.25) is 0 Å². The Balaban J connectivity index is 0.000000550. The molecule has 2 aliphatic rings. The zero-order chi connectivity index (χ0) is 14.1. The van der Waals surface area contributed by atoms with Gasteiger partial charge in [-0.2, -0.15) is 0 Å². The summed E-state index contributed by atoms with van der Waals surface area (Å²) in [4.78, 5) is 0. The van der Waals surface area contributed by atoms with Crippen molar-refractivity contribution in [2.45, 2.75) is 39.4 Å². The number of epoxide rings is 2. The highest BCUT2D eigenvalue weighted by Gasteiger charge is 2.29. The molecule has 5 nitrogen and oxygen atoms in total. The Kier molecular flexibility index (Phi) is 7.87. The molecule has 2 fully saturated rings. The summed E-state index contributed by atoms with van der Waals surface area (Å²) in [6, 6.07) is 0. The van der Waals surface area contributed by atoms with Gasteiger partial charge >= 0.3 is 0 Å². The Morgan fingerprint density at radius 1 is 1.05 bits per heavy atom. The first-order chi connectivity index (χ1) is 9.13. The maximum absolute atomic E-state index is 9.32. The maximum atomic E-state index is 9.32. The third-order valence-electron chi connectivity index (χ3n) is 2.69. The largest absolute Gasteiger partial charge is 0.396 e. The lowest BCUT2D eigenvalue weighted by Gasteiger charge is -2.26. The predicted octanol–water partition coefficient (Wildman–Crippen LogP) is 1.23. The SMILES string of the molecule is CC(CO)(COCC1CO1)COCC1CO1.CCC. The highest BCUT2D eigenvalue weighted by atomic mass is 16.6. The highest BCUT2D eigenvalue weighted by molar-refractivity contribution is 4.75. The minimum absolute atomic E-state index is 0.0596. The summed E-state index contributed by atoms with van der Waals surface area (Å²) in [6.45, 7) is 10.1. The van der Waals surface area contributed by atoms with Crippen LogP contribution in [0.4, 0.5) is 0 Å². The Morgan fingerprint density at radius 2 is 1.42 bits per heavy atom. The predicted molar refractivity (Wildman–Crippen MR) is 72.3 cm³/mol. The van der Waals surface area contributed by atoms with E-state index in [-0.39, 0.29) is 24.2 Å². The van der Waals surface area contributed by atoms with Gasteiger partial charge in [0.05, 0.1) is 46.2 Å². The van der Waals surface area contributed by atoms with E-state index in [1.54, 1.807) is 0 Å². The van der Waals surface area contributed by atoms with Crippen molar-refractivity contribution in [2.75, 3.05) is 46.2 Å². The number of hydrogen-bond acceptors (Lipinski definition) is 5. The van der Waals surface area contributed by atoms with Gasteiger partial charge in [-0.1, -0.05) is 27.2 Å². The number of rotatable bonds is 9. The zero-order valence-electron chi connectivity index (χ0n) is 12.4. The first-order valence-corrected chi connectivity index (χ1v) is 7.13. The molecule has 0 aromatic heterocycles. The third kappa shape index (κ3) is 8.55. The zero-order valence-corrected chi connectivity index (χ0v) is 12.4. The molecule has 5 heteroatoms.